The van der Waals surface area contributed by atoms with Gasteiger partial charge in [-0.3, -0.25) is 9.59 Å². The Balaban J connectivity index is 2.83. The lowest BCUT2D eigenvalue weighted by molar-refractivity contribution is -0.227. The first-order valence-corrected chi connectivity index (χ1v) is 5.97. The smallest absolute Gasteiger partial charge is 0.303 e. The molecular weight excluding hydrogens is 256 g/mol. The summed E-state index contributed by atoms with van der Waals surface area (Å²) in [6.07, 6.45) is -2.33. The molecule has 4 atom stereocenters. The highest BCUT2D eigenvalue weighted by atomic mass is 16.6. The van der Waals surface area contributed by atoms with Crippen LogP contribution in [-0.4, -0.2) is 63.8 Å². The number of carbonyl (C=O) groups is 2. The van der Waals surface area contributed by atoms with Crippen molar-refractivity contribution in [1.29, 1.82) is 0 Å². The van der Waals surface area contributed by atoms with Gasteiger partial charge < -0.3 is 23.7 Å². The Morgan fingerprint density at radius 1 is 1.11 bits per heavy atom. The van der Waals surface area contributed by atoms with Crippen molar-refractivity contribution < 1.29 is 33.3 Å². The zero-order valence-corrected chi connectivity index (χ0v) is 11.6. The molecule has 1 saturated heterocycles. The van der Waals surface area contributed by atoms with Gasteiger partial charge in [-0.05, 0) is 0 Å². The molecule has 1 fully saturated rings. The van der Waals surface area contributed by atoms with E-state index in [4.69, 9.17) is 23.7 Å². The van der Waals surface area contributed by atoms with Crippen LogP contribution in [0.15, 0.2) is 0 Å². The van der Waals surface area contributed by atoms with E-state index in [0.29, 0.717) is 0 Å². The number of esters is 2. The average Bonchev–Trinajstić information content (AvgIpc) is 2.31. The molecule has 0 amide bonds. The van der Waals surface area contributed by atoms with Gasteiger partial charge in [0.05, 0.1) is 13.2 Å². The van der Waals surface area contributed by atoms with Gasteiger partial charge in [-0.15, -0.1) is 0 Å². The summed E-state index contributed by atoms with van der Waals surface area (Å²) in [5.41, 5.74) is 0. The zero-order chi connectivity index (χ0) is 14.4. The van der Waals surface area contributed by atoms with Crippen molar-refractivity contribution in [2.45, 2.75) is 38.3 Å². The molecule has 1 rings (SSSR count). The van der Waals surface area contributed by atoms with Crippen LogP contribution in [0.2, 0.25) is 0 Å². The standard InChI is InChI=1S/C12H20O7/c1-7(13)18-10-6-17-9(5-15-3)12(11(10)16-4)19-8(2)14/h9-12H,5-6H2,1-4H3/t9-,10-,11+,12-/m1/s1. The highest BCUT2D eigenvalue weighted by molar-refractivity contribution is 5.67. The van der Waals surface area contributed by atoms with E-state index < -0.39 is 36.4 Å². The van der Waals surface area contributed by atoms with Gasteiger partial charge in [-0.2, -0.15) is 0 Å². The van der Waals surface area contributed by atoms with Crippen LogP contribution in [0.3, 0.4) is 0 Å². The van der Waals surface area contributed by atoms with Crippen LogP contribution < -0.4 is 0 Å². The van der Waals surface area contributed by atoms with Crippen LogP contribution in [-0.2, 0) is 33.3 Å². The number of methoxy groups -OCH3 is 2. The summed E-state index contributed by atoms with van der Waals surface area (Å²) in [6.45, 7) is 3.02. The third-order valence-electron chi connectivity index (χ3n) is 2.75. The van der Waals surface area contributed by atoms with Crippen molar-refractivity contribution >= 4 is 11.9 Å². The van der Waals surface area contributed by atoms with E-state index in [9.17, 15) is 9.59 Å². The van der Waals surface area contributed by atoms with Crippen molar-refractivity contribution in [3.63, 3.8) is 0 Å². The van der Waals surface area contributed by atoms with Crippen LogP contribution in [0.25, 0.3) is 0 Å². The van der Waals surface area contributed by atoms with E-state index in [1.165, 1.54) is 28.1 Å². The topological polar surface area (TPSA) is 80.3 Å². The van der Waals surface area contributed by atoms with Gasteiger partial charge in [0.2, 0.25) is 0 Å². The van der Waals surface area contributed by atoms with Gasteiger partial charge in [-0.25, -0.2) is 0 Å². The van der Waals surface area contributed by atoms with E-state index in [0.717, 1.165) is 0 Å². The summed E-state index contributed by atoms with van der Waals surface area (Å²) in [5.74, 6) is -0.900. The molecule has 1 aliphatic heterocycles. The molecule has 0 spiro atoms. The van der Waals surface area contributed by atoms with Crippen LogP contribution in [0.5, 0.6) is 0 Å². The summed E-state index contributed by atoms with van der Waals surface area (Å²) in [4.78, 5) is 22.2. The summed E-state index contributed by atoms with van der Waals surface area (Å²) < 4.78 is 26.2. The fourth-order valence-electron chi connectivity index (χ4n) is 2.07. The van der Waals surface area contributed by atoms with Crippen LogP contribution in [0, 0.1) is 0 Å². The van der Waals surface area contributed by atoms with E-state index in [1.54, 1.807) is 0 Å². The first-order chi connectivity index (χ1) is 8.99. The predicted molar refractivity (Wildman–Crippen MR) is 63.5 cm³/mol. The maximum Gasteiger partial charge on any atom is 0.303 e. The Morgan fingerprint density at radius 3 is 2.21 bits per heavy atom. The third kappa shape index (κ3) is 4.45. The van der Waals surface area contributed by atoms with E-state index in [-0.39, 0.29) is 13.2 Å². The number of rotatable bonds is 5. The number of ether oxygens (including phenoxy) is 5. The summed E-state index contributed by atoms with van der Waals surface area (Å²) in [6, 6.07) is 0. The van der Waals surface area contributed by atoms with Crippen molar-refractivity contribution in [3.05, 3.63) is 0 Å². The lowest BCUT2D eigenvalue weighted by Crippen LogP contribution is -2.57. The van der Waals surface area contributed by atoms with E-state index >= 15 is 0 Å². The van der Waals surface area contributed by atoms with Gasteiger partial charge in [0.1, 0.15) is 12.2 Å². The maximum absolute atomic E-state index is 11.2. The predicted octanol–water partition coefficient (Wildman–Crippen LogP) is -0.0900. The molecule has 0 saturated carbocycles. The Hall–Kier alpha value is -1.18. The second kappa shape index (κ2) is 7.42. The molecule has 7 nitrogen and oxygen atoms in total. The second-order valence-electron chi connectivity index (χ2n) is 4.25. The van der Waals surface area contributed by atoms with Gasteiger partial charge in [0.15, 0.2) is 12.2 Å². The summed E-state index contributed by atoms with van der Waals surface area (Å²) >= 11 is 0. The SMILES string of the molecule is COC[C@H]1OC[C@@H](OC(C)=O)[C@H](OC)[C@@H]1OC(C)=O. The fraction of sp³-hybridized carbons (Fsp3) is 0.833. The lowest BCUT2D eigenvalue weighted by atomic mass is 9.99. The zero-order valence-electron chi connectivity index (χ0n) is 11.6. The van der Waals surface area contributed by atoms with Gasteiger partial charge >= 0.3 is 11.9 Å². The molecule has 0 bridgehead atoms. The molecule has 0 aromatic heterocycles. The second-order valence-corrected chi connectivity index (χ2v) is 4.25. The average molecular weight is 276 g/mol. The molecule has 0 aromatic carbocycles. The minimum absolute atomic E-state index is 0.171. The first-order valence-electron chi connectivity index (χ1n) is 5.97. The molecular formula is C12H20O7. The summed E-state index contributed by atoms with van der Waals surface area (Å²) in [7, 11) is 2.99. The van der Waals surface area contributed by atoms with Gasteiger partial charge in [-0.1, -0.05) is 0 Å². The molecule has 0 aromatic rings. The van der Waals surface area contributed by atoms with Crippen LogP contribution in [0.4, 0.5) is 0 Å². The molecule has 0 aliphatic carbocycles. The minimum Gasteiger partial charge on any atom is -0.457 e. The third-order valence-corrected chi connectivity index (χ3v) is 2.75. The fourth-order valence-corrected chi connectivity index (χ4v) is 2.07. The van der Waals surface area contributed by atoms with Crippen LogP contribution in [0.1, 0.15) is 13.8 Å². The molecule has 1 heterocycles. The number of hydrogen-bond acceptors (Lipinski definition) is 7. The Morgan fingerprint density at radius 2 is 1.74 bits per heavy atom. The van der Waals surface area contributed by atoms with Gasteiger partial charge in [0.25, 0.3) is 0 Å². The molecule has 7 heteroatoms. The van der Waals surface area contributed by atoms with Crippen LogP contribution >= 0.6 is 0 Å². The van der Waals surface area contributed by atoms with E-state index in [1.807, 2.05) is 0 Å². The van der Waals surface area contributed by atoms with Crippen molar-refractivity contribution in [2.75, 3.05) is 27.4 Å². The summed E-state index contributed by atoms with van der Waals surface area (Å²) in [5, 5.41) is 0. The largest absolute Gasteiger partial charge is 0.457 e. The molecule has 0 unspecified atom stereocenters. The Kier molecular flexibility index (Phi) is 6.20. The molecule has 110 valence electrons. The van der Waals surface area contributed by atoms with Crippen molar-refractivity contribution in [1.82, 2.24) is 0 Å². The van der Waals surface area contributed by atoms with E-state index in [2.05, 4.69) is 0 Å². The molecule has 0 radical (unpaired) electrons. The normalized spacial score (nSPS) is 30.7. The van der Waals surface area contributed by atoms with Crippen molar-refractivity contribution in [2.24, 2.45) is 0 Å². The Bertz CT molecular complexity index is 317. The quantitative estimate of drug-likeness (QED) is 0.649. The number of hydrogen-bond donors (Lipinski definition) is 0. The first kappa shape index (κ1) is 15.9. The highest BCUT2D eigenvalue weighted by Crippen LogP contribution is 2.23. The number of carbonyl (C=O) groups excluding carboxylic acids is 2. The molecule has 1 aliphatic rings. The molecule has 0 N–H and O–H groups in total. The minimum atomic E-state index is -0.680. The Labute approximate surface area is 112 Å². The highest BCUT2D eigenvalue weighted by Gasteiger charge is 2.44. The maximum atomic E-state index is 11.2. The molecule has 19 heavy (non-hydrogen) atoms. The lowest BCUT2D eigenvalue weighted by Gasteiger charge is -2.40. The van der Waals surface area contributed by atoms with Crippen molar-refractivity contribution in [3.8, 4) is 0 Å². The monoisotopic (exact) mass is 276 g/mol. The van der Waals surface area contributed by atoms with Gasteiger partial charge in [0, 0.05) is 28.1 Å².